The number of amides is 2. The fraction of sp³-hybridized carbons (Fsp3) is 0.235. The highest BCUT2D eigenvalue weighted by Gasteiger charge is 2.14. The van der Waals surface area contributed by atoms with Crippen LogP contribution in [0.2, 0.25) is 0 Å². The first-order valence-electron chi connectivity index (χ1n) is 7.57. The number of hydrogen-bond donors (Lipinski definition) is 2. The number of rotatable bonds is 4. The Hall–Kier alpha value is -3.09. The first kappa shape index (κ1) is 14.5. The molecule has 7 heteroatoms. The fourth-order valence-electron chi connectivity index (χ4n) is 2.53. The lowest BCUT2D eigenvalue weighted by Crippen LogP contribution is -2.34. The molecule has 0 saturated heterocycles. The lowest BCUT2D eigenvalue weighted by Gasteiger charge is -2.09. The van der Waals surface area contributed by atoms with Crippen molar-refractivity contribution in [3.63, 3.8) is 0 Å². The minimum atomic E-state index is -0.245. The van der Waals surface area contributed by atoms with E-state index < -0.39 is 0 Å². The predicted octanol–water partition coefficient (Wildman–Crippen LogP) is 2.14. The maximum atomic E-state index is 11.9. The first-order chi connectivity index (χ1) is 11.8. The predicted molar refractivity (Wildman–Crippen MR) is 84.2 cm³/mol. The van der Waals surface area contributed by atoms with E-state index in [1.807, 2.05) is 36.4 Å². The largest absolute Gasteiger partial charge is 0.454 e. The molecule has 124 valence electrons. The second-order valence-corrected chi connectivity index (χ2v) is 5.41. The minimum Gasteiger partial charge on any atom is -0.454 e. The van der Waals surface area contributed by atoms with Gasteiger partial charge in [0, 0.05) is 13.1 Å². The summed E-state index contributed by atoms with van der Waals surface area (Å²) in [4.78, 5) is 11.9. The molecule has 2 aliphatic rings. The standard InChI is InChI=1S/C17H16N2O5/c20-17(18-7-11-1-3-13-15(5-11)23-9-21-13)19-8-12-2-4-14-16(6-12)24-10-22-14/h1-6H,7-10H2,(H2,18,19,20). The zero-order valence-electron chi connectivity index (χ0n) is 12.8. The summed E-state index contributed by atoms with van der Waals surface area (Å²) >= 11 is 0. The summed E-state index contributed by atoms with van der Waals surface area (Å²) in [5.74, 6) is 2.86. The molecule has 7 nitrogen and oxygen atoms in total. The van der Waals surface area contributed by atoms with Crippen molar-refractivity contribution in [3.05, 3.63) is 47.5 Å². The maximum Gasteiger partial charge on any atom is 0.315 e. The highest BCUT2D eigenvalue weighted by atomic mass is 16.7. The third-order valence-electron chi connectivity index (χ3n) is 3.78. The van der Waals surface area contributed by atoms with E-state index in [-0.39, 0.29) is 19.6 Å². The molecule has 2 N–H and O–H groups in total. The SMILES string of the molecule is O=C(NCc1ccc2c(c1)OCO2)NCc1ccc2c(c1)OCO2. The van der Waals surface area contributed by atoms with E-state index in [9.17, 15) is 4.79 Å². The number of nitrogens with one attached hydrogen (secondary N) is 2. The summed E-state index contributed by atoms with van der Waals surface area (Å²) in [6.07, 6.45) is 0. The van der Waals surface area contributed by atoms with Gasteiger partial charge in [-0.15, -0.1) is 0 Å². The van der Waals surface area contributed by atoms with Crippen molar-refractivity contribution in [1.29, 1.82) is 0 Å². The molecule has 0 bridgehead atoms. The van der Waals surface area contributed by atoms with Crippen LogP contribution in [0.25, 0.3) is 0 Å². The van der Waals surface area contributed by atoms with Gasteiger partial charge in [-0.2, -0.15) is 0 Å². The van der Waals surface area contributed by atoms with E-state index in [1.165, 1.54) is 0 Å². The van der Waals surface area contributed by atoms with Crippen LogP contribution in [0.1, 0.15) is 11.1 Å². The van der Waals surface area contributed by atoms with E-state index in [0.717, 1.165) is 22.6 Å². The monoisotopic (exact) mass is 328 g/mol. The Morgan fingerprint density at radius 1 is 0.750 bits per heavy atom. The van der Waals surface area contributed by atoms with Gasteiger partial charge in [-0.3, -0.25) is 0 Å². The Kier molecular flexibility index (Phi) is 3.74. The van der Waals surface area contributed by atoms with Crippen LogP contribution in [0.4, 0.5) is 4.79 Å². The molecular weight excluding hydrogens is 312 g/mol. The molecule has 0 atom stereocenters. The zero-order valence-corrected chi connectivity index (χ0v) is 12.8. The van der Waals surface area contributed by atoms with E-state index >= 15 is 0 Å². The van der Waals surface area contributed by atoms with Gasteiger partial charge in [0.15, 0.2) is 23.0 Å². The molecule has 0 unspecified atom stereocenters. The highest BCUT2D eigenvalue weighted by Crippen LogP contribution is 2.33. The van der Waals surface area contributed by atoms with Crippen LogP contribution in [-0.2, 0) is 13.1 Å². The van der Waals surface area contributed by atoms with Crippen LogP contribution >= 0.6 is 0 Å². The highest BCUT2D eigenvalue weighted by molar-refractivity contribution is 5.73. The molecule has 24 heavy (non-hydrogen) atoms. The van der Waals surface area contributed by atoms with E-state index in [4.69, 9.17) is 18.9 Å². The van der Waals surface area contributed by atoms with Crippen molar-refractivity contribution < 1.29 is 23.7 Å². The number of carbonyl (C=O) groups is 1. The molecule has 0 spiro atoms. The molecule has 0 saturated carbocycles. The second kappa shape index (κ2) is 6.19. The van der Waals surface area contributed by atoms with Crippen molar-refractivity contribution >= 4 is 6.03 Å². The van der Waals surface area contributed by atoms with Crippen molar-refractivity contribution in [1.82, 2.24) is 10.6 Å². The number of ether oxygens (including phenoxy) is 4. The van der Waals surface area contributed by atoms with Crippen LogP contribution in [0.3, 0.4) is 0 Å². The molecule has 4 rings (SSSR count). The van der Waals surface area contributed by atoms with Crippen LogP contribution in [0, 0.1) is 0 Å². The maximum absolute atomic E-state index is 11.9. The normalized spacial score (nSPS) is 13.7. The van der Waals surface area contributed by atoms with Gasteiger partial charge in [-0.1, -0.05) is 12.1 Å². The first-order valence-corrected chi connectivity index (χ1v) is 7.57. The van der Waals surface area contributed by atoms with Gasteiger partial charge in [0.05, 0.1) is 0 Å². The fourth-order valence-corrected chi connectivity index (χ4v) is 2.53. The Bertz CT molecular complexity index is 714. The Balaban J connectivity index is 1.28. The zero-order chi connectivity index (χ0) is 16.4. The molecule has 0 aliphatic carbocycles. The molecule has 0 radical (unpaired) electrons. The Morgan fingerprint density at radius 3 is 1.71 bits per heavy atom. The van der Waals surface area contributed by atoms with Crippen molar-refractivity contribution in [2.45, 2.75) is 13.1 Å². The number of hydrogen-bond acceptors (Lipinski definition) is 5. The van der Waals surface area contributed by atoms with Crippen LogP contribution < -0.4 is 29.6 Å². The quantitative estimate of drug-likeness (QED) is 0.899. The summed E-state index contributed by atoms with van der Waals surface area (Å²) in [6, 6.07) is 10.9. The molecule has 2 aromatic rings. The van der Waals surface area contributed by atoms with Crippen molar-refractivity contribution in [3.8, 4) is 23.0 Å². The van der Waals surface area contributed by atoms with Gasteiger partial charge in [-0.05, 0) is 35.4 Å². The summed E-state index contributed by atoms with van der Waals surface area (Å²) in [6.45, 7) is 1.29. The third-order valence-corrected chi connectivity index (χ3v) is 3.78. The molecular formula is C17H16N2O5. The average Bonchev–Trinajstić information content (AvgIpc) is 3.25. The number of urea groups is 1. The molecule has 2 aliphatic heterocycles. The summed E-state index contributed by atoms with van der Waals surface area (Å²) in [5, 5.41) is 5.62. The van der Waals surface area contributed by atoms with Gasteiger partial charge in [0.25, 0.3) is 0 Å². The van der Waals surface area contributed by atoms with Crippen LogP contribution in [0.15, 0.2) is 36.4 Å². The molecule has 0 fully saturated rings. The van der Waals surface area contributed by atoms with Gasteiger partial charge < -0.3 is 29.6 Å². The molecule has 0 aromatic heterocycles. The van der Waals surface area contributed by atoms with Gasteiger partial charge >= 0.3 is 6.03 Å². The van der Waals surface area contributed by atoms with Crippen molar-refractivity contribution in [2.75, 3.05) is 13.6 Å². The molecule has 2 amide bonds. The Morgan fingerprint density at radius 2 is 1.21 bits per heavy atom. The number of fused-ring (bicyclic) bond motifs is 2. The molecule has 2 aromatic carbocycles. The lowest BCUT2D eigenvalue weighted by molar-refractivity contribution is 0.173. The van der Waals surface area contributed by atoms with Gasteiger partial charge in [0.1, 0.15) is 0 Å². The topological polar surface area (TPSA) is 78.1 Å². The Labute approximate surface area is 138 Å². The second-order valence-electron chi connectivity index (χ2n) is 5.41. The average molecular weight is 328 g/mol. The van der Waals surface area contributed by atoms with Gasteiger partial charge in [0.2, 0.25) is 13.6 Å². The molecule has 2 heterocycles. The summed E-state index contributed by atoms with van der Waals surface area (Å²) < 4.78 is 21.1. The lowest BCUT2D eigenvalue weighted by atomic mass is 10.2. The third kappa shape index (κ3) is 3.01. The van der Waals surface area contributed by atoms with Gasteiger partial charge in [-0.25, -0.2) is 4.79 Å². The smallest absolute Gasteiger partial charge is 0.315 e. The van der Waals surface area contributed by atoms with E-state index in [2.05, 4.69) is 10.6 Å². The number of carbonyl (C=O) groups excluding carboxylic acids is 1. The summed E-state index contributed by atoms with van der Waals surface area (Å²) in [5.41, 5.74) is 1.88. The van der Waals surface area contributed by atoms with Crippen LogP contribution in [-0.4, -0.2) is 19.6 Å². The van der Waals surface area contributed by atoms with Crippen molar-refractivity contribution in [2.24, 2.45) is 0 Å². The van der Waals surface area contributed by atoms with E-state index in [0.29, 0.717) is 24.6 Å². The minimum absolute atomic E-state index is 0.238. The summed E-state index contributed by atoms with van der Waals surface area (Å²) in [7, 11) is 0. The van der Waals surface area contributed by atoms with Crippen LogP contribution in [0.5, 0.6) is 23.0 Å². The van der Waals surface area contributed by atoms with E-state index in [1.54, 1.807) is 0 Å². The number of benzene rings is 2.